The van der Waals surface area contributed by atoms with Gasteiger partial charge in [-0.05, 0) is 89.4 Å². The predicted molar refractivity (Wildman–Crippen MR) is 138 cm³/mol. The number of carbonyl (C=O) groups excluding carboxylic acids is 2. The molecule has 1 aromatic carbocycles. The number of rotatable bonds is 13. The van der Waals surface area contributed by atoms with Crippen molar-refractivity contribution in [3.63, 3.8) is 0 Å². The fourth-order valence-corrected chi connectivity index (χ4v) is 5.60. The SMILES string of the molecule is C=Nc1cc([C@@H](CCC(C)CNC=O)C(=O)OCC(F)(F)F)ccc1SCC1CCN(C)C(C)(C)C1. The maximum absolute atomic E-state index is 12.7. The molecule has 0 saturated carbocycles. The van der Waals surface area contributed by atoms with Crippen molar-refractivity contribution < 1.29 is 27.5 Å². The van der Waals surface area contributed by atoms with E-state index in [1.165, 1.54) is 0 Å². The molecule has 1 aliphatic rings. The number of halogens is 3. The van der Waals surface area contributed by atoms with Crippen molar-refractivity contribution in [2.45, 2.75) is 69.0 Å². The minimum atomic E-state index is -4.60. The Labute approximate surface area is 216 Å². The van der Waals surface area contributed by atoms with Gasteiger partial charge in [0.05, 0.1) is 11.6 Å². The maximum atomic E-state index is 12.7. The van der Waals surface area contributed by atoms with Crippen LogP contribution in [0.5, 0.6) is 0 Å². The van der Waals surface area contributed by atoms with E-state index in [2.05, 4.69) is 47.6 Å². The molecule has 1 fully saturated rings. The summed E-state index contributed by atoms with van der Waals surface area (Å²) in [5.74, 6) is -0.270. The molecule has 2 rings (SSSR count). The second-order valence-electron chi connectivity index (χ2n) is 10.3. The number of nitrogens with zero attached hydrogens (tertiary/aromatic N) is 2. The molecule has 6 nitrogen and oxygen atoms in total. The maximum Gasteiger partial charge on any atom is 0.422 e. The lowest BCUT2D eigenvalue weighted by Crippen LogP contribution is -2.47. The molecule has 3 atom stereocenters. The van der Waals surface area contributed by atoms with E-state index in [4.69, 9.17) is 0 Å². The number of aliphatic imine (C=N–C) groups is 1. The summed E-state index contributed by atoms with van der Waals surface area (Å²) in [5.41, 5.74) is 1.30. The number of thioether (sulfide) groups is 1. The predicted octanol–water partition coefficient (Wildman–Crippen LogP) is 5.58. The number of ether oxygens (including phenoxy) is 1. The van der Waals surface area contributed by atoms with E-state index in [1.54, 1.807) is 23.9 Å². The summed E-state index contributed by atoms with van der Waals surface area (Å²) in [6.07, 6.45) is -0.991. The average molecular weight is 530 g/mol. The summed E-state index contributed by atoms with van der Waals surface area (Å²) in [6, 6.07) is 5.36. The number of hydrogen-bond donors (Lipinski definition) is 1. The first-order valence-electron chi connectivity index (χ1n) is 12.2. The van der Waals surface area contributed by atoms with Crippen LogP contribution in [-0.2, 0) is 14.3 Å². The molecule has 36 heavy (non-hydrogen) atoms. The van der Waals surface area contributed by atoms with Gasteiger partial charge in [0.25, 0.3) is 0 Å². The Morgan fingerprint density at radius 3 is 2.72 bits per heavy atom. The molecule has 202 valence electrons. The molecule has 10 heteroatoms. The highest BCUT2D eigenvalue weighted by atomic mass is 32.2. The second-order valence-corrected chi connectivity index (χ2v) is 11.3. The zero-order valence-electron chi connectivity index (χ0n) is 21.6. The number of benzene rings is 1. The third-order valence-corrected chi connectivity index (χ3v) is 8.18. The molecular weight excluding hydrogens is 491 g/mol. The number of amides is 1. The van der Waals surface area contributed by atoms with Crippen molar-refractivity contribution in [2.75, 3.05) is 32.5 Å². The number of nitrogens with one attached hydrogen (secondary N) is 1. The summed E-state index contributed by atoms with van der Waals surface area (Å²) in [4.78, 5) is 30.7. The summed E-state index contributed by atoms with van der Waals surface area (Å²) in [6.45, 7) is 9.90. The van der Waals surface area contributed by atoms with Gasteiger partial charge in [0.2, 0.25) is 6.41 Å². The number of likely N-dealkylation sites (tertiary alicyclic amines) is 1. The molecule has 1 amide bonds. The van der Waals surface area contributed by atoms with Crippen molar-refractivity contribution in [1.29, 1.82) is 0 Å². The summed E-state index contributed by atoms with van der Waals surface area (Å²) < 4.78 is 42.6. The van der Waals surface area contributed by atoms with Crippen LogP contribution in [0, 0.1) is 11.8 Å². The number of piperidine rings is 1. The Bertz CT molecular complexity index is 895. The zero-order valence-corrected chi connectivity index (χ0v) is 22.4. The first-order valence-corrected chi connectivity index (χ1v) is 13.2. The number of carbonyl (C=O) groups is 2. The lowest BCUT2D eigenvalue weighted by molar-refractivity contribution is -0.187. The smallest absolute Gasteiger partial charge is 0.422 e. The van der Waals surface area contributed by atoms with Crippen LogP contribution >= 0.6 is 11.8 Å². The van der Waals surface area contributed by atoms with Gasteiger partial charge in [-0.2, -0.15) is 13.2 Å². The minimum Gasteiger partial charge on any atom is -0.456 e. The molecule has 1 aliphatic heterocycles. The Morgan fingerprint density at radius 2 is 2.11 bits per heavy atom. The lowest BCUT2D eigenvalue weighted by atomic mass is 9.84. The fraction of sp³-hybridized carbons (Fsp3) is 0.654. The third kappa shape index (κ3) is 9.42. The fourth-order valence-electron chi connectivity index (χ4n) is 4.47. The second kappa shape index (κ2) is 13.5. The van der Waals surface area contributed by atoms with Crippen LogP contribution in [0.3, 0.4) is 0 Å². The molecule has 0 bridgehead atoms. The van der Waals surface area contributed by atoms with Crippen molar-refractivity contribution in [3.05, 3.63) is 23.8 Å². The number of esters is 1. The standard InChI is InChI=1S/C26H38F3N3O3S/c1-18(14-31-17-33)6-8-21(24(34)35-16-26(27,28)29)20-7-9-23(22(12-20)30-4)36-15-19-10-11-32(5)25(2,3)13-19/h7,9,12,17-19,21H,4,6,8,10-11,13-16H2,1-3,5H3,(H,31,33)/t18?,19?,21-/m1/s1. The van der Waals surface area contributed by atoms with Gasteiger partial charge in [-0.3, -0.25) is 14.6 Å². The van der Waals surface area contributed by atoms with Gasteiger partial charge in [0.15, 0.2) is 6.61 Å². The van der Waals surface area contributed by atoms with E-state index in [0.717, 1.165) is 30.0 Å². The van der Waals surface area contributed by atoms with Gasteiger partial charge in [0.1, 0.15) is 0 Å². The third-order valence-electron chi connectivity index (χ3n) is 6.88. The zero-order chi connectivity index (χ0) is 26.9. The Kier molecular flexibility index (Phi) is 11.3. The molecular formula is C26H38F3N3O3S. The monoisotopic (exact) mass is 529 g/mol. The van der Waals surface area contributed by atoms with Crippen LogP contribution in [0.15, 0.2) is 28.1 Å². The highest BCUT2D eigenvalue weighted by Crippen LogP contribution is 2.38. The molecule has 1 heterocycles. The quantitative estimate of drug-likeness (QED) is 0.156. The lowest BCUT2D eigenvalue weighted by Gasteiger charge is -2.43. The van der Waals surface area contributed by atoms with Gasteiger partial charge in [-0.25, -0.2) is 0 Å². The topological polar surface area (TPSA) is 71.0 Å². The van der Waals surface area contributed by atoms with Crippen molar-refractivity contribution in [3.8, 4) is 0 Å². The summed E-state index contributed by atoms with van der Waals surface area (Å²) >= 11 is 1.69. The van der Waals surface area contributed by atoms with Gasteiger partial charge >= 0.3 is 12.1 Å². The molecule has 0 radical (unpaired) electrons. The highest BCUT2D eigenvalue weighted by molar-refractivity contribution is 7.99. The molecule has 0 aromatic heterocycles. The van der Waals surface area contributed by atoms with Crippen molar-refractivity contribution in [2.24, 2.45) is 16.8 Å². The van der Waals surface area contributed by atoms with E-state index in [0.29, 0.717) is 36.5 Å². The molecule has 2 unspecified atom stereocenters. The van der Waals surface area contributed by atoms with Crippen LogP contribution < -0.4 is 5.32 Å². The minimum absolute atomic E-state index is 0.0405. The number of alkyl halides is 3. The largest absolute Gasteiger partial charge is 0.456 e. The summed E-state index contributed by atoms with van der Waals surface area (Å²) in [7, 11) is 2.15. The Balaban J connectivity index is 2.15. The molecule has 0 aliphatic carbocycles. The first kappa shape index (κ1) is 30.2. The van der Waals surface area contributed by atoms with Crippen LogP contribution in [0.25, 0.3) is 0 Å². The Morgan fingerprint density at radius 1 is 1.39 bits per heavy atom. The molecule has 1 N–H and O–H groups in total. The molecule has 1 aromatic rings. The van der Waals surface area contributed by atoms with E-state index in [1.807, 2.05) is 13.0 Å². The van der Waals surface area contributed by atoms with Crippen molar-refractivity contribution >= 4 is 36.5 Å². The first-order chi connectivity index (χ1) is 16.9. The normalized spacial score (nSPS) is 19.8. The van der Waals surface area contributed by atoms with Gasteiger partial charge in [0, 0.05) is 22.7 Å². The van der Waals surface area contributed by atoms with Gasteiger partial charge < -0.3 is 15.0 Å². The van der Waals surface area contributed by atoms with E-state index < -0.39 is 24.7 Å². The van der Waals surface area contributed by atoms with Crippen LogP contribution in [0.1, 0.15) is 57.9 Å². The van der Waals surface area contributed by atoms with Crippen LogP contribution in [-0.4, -0.2) is 68.2 Å². The highest BCUT2D eigenvalue weighted by Gasteiger charge is 2.33. The average Bonchev–Trinajstić information content (AvgIpc) is 2.81. The molecule has 0 spiro atoms. The number of hydrogen-bond acceptors (Lipinski definition) is 6. The van der Waals surface area contributed by atoms with Gasteiger partial charge in [-0.1, -0.05) is 13.0 Å². The van der Waals surface area contributed by atoms with Crippen LogP contribution in [0.2, 0.25) is 0 Å². The molecule has 1 saturated heterocycles. The Hall–Kier alpha value is -2.07. The van der Waals surface area contributed by atoms with E-state index in [-0.39, 0.29) is 17.9 Å². The van der Waals surface area contributed by atoms with E-state index in [9.17, 15) is 22.8 Å². The van der Waals surface area contributed by atoms with Crippen LogP contribution in [0.4, 0.5) is 18.9 Å². The van der Waals surface area contributed by atoms with Crippen molar-refractivity contribution in [1.82, 2.24) is 10.2 Å². The van der Waals surface area contributed by atoms with Gasteiger partial charge in [-0.15, -0.1) is 11.8 Å². The summed E-state index contributed by atoms with van der Waals surface area (Å²) in [5, 5.41) is 2.59. The van der Waals surface area contributed by atoms with E-state index >= 15 is 0 Å².